The van der Waals surface area contributed by atoms with Crippen molar-refractivity contribution in [2.45, 2.75) is 30.4 Å². The average Bonchev–Trinajstić information content (AvgIpc) is 2.62. The zero-order valence-electron chi connectivity index (χ0n) is 14.2. The average molecular weight is 350 g/mol. The number of benzene rings is 2. The van der Waals surface area contributed by atoms with Crippen LogP contribution in [0.1, 0.15) is 36.0 Å². The summed E-state index contributed by atoms with van der Waals surface area (Å²) >= 11 is 1.74. The van der Waals surface area contributed by atoms with Gasteiger partial charge in [-0.2, -0.15) is 17.0 Å². The van der Waals surface area contributed by atoms with Crippen molar-refractivity contribution in [3.05, 3.63) is 71.3 Å². The molecule has 1 aliphatic rings. The fraction of sp³-hybridized carbons (Fsp3) is 0.333. The Bertz CT molecular complexity index is 763. The number of nitrogens with zero attached hydrogens (tertiary/aromatic N) is 1. The zero-order chi connectivity index (χ0) is 17.5. The van der Waals surface area contributed by atoms with Crippen molar-refractivity contribution in [2.75, 3.05) is 12.3 Å². The van der Waals surface area contributed by atoms with Crippen molar-refractivity contribution < 1.29 is 4.79 Å². The highest BCUT2D eigenvalue weighted by atomic mass is 32.2. The molecule has 0 atom stereocenters. The van der Waals surface area contributed by atoms with Crippen molar-refractivity contribution >= 4 is 17.7 Å². The summed E-state index contributed by atoms with van der Waals surface area (Å²) in [5.74, 6) is 1.79. The molecule has 25 heavy (non-hydrogen) atoms. The minimum atomic E-state index is -0.320. The summed E-state index contributed by atoms with van der Waals surface area (Å²) in [6.07, 6.45) is 2.99. The normalized spacial score (nSPS) is 15.0. The molecular formula is C21H22N2OS. The number of carbonyl (C=O) groups is 1. The van der Waals surface area contributed by atoms with E-state index in [0.717, 1.165) is 47.5 Å². The van der Waals surface area contributed by atoms with Crippen LogP contribution in [0.5, 0.6) is 0 Å². The molecular weight excluding hydrogens is 328 g/mol. The topological polar surface area (TPSA) is 52.9 Å². The lowest BCUT2D eigenvalue weighted by atomic mass is 9.64. The van der Waals surface area contributed by atoms with E-state index in [1.165, 1.54) is 0 Å². The van der Waals surface area contributed by atoms with Gasteiger partial charge in [0.25, 0.3) is 0 Å². The number of rotatable bonds is 7. The number of amides is 1. The van der Waals surface area contributed by atoms with E-state index in [1.807, 2.05) is 42.5 Å². The molecule has 1 fully saturated rings. The minimum Gasteiger partial charge on any atom is -0.355 e. The molecule has 1 saturated carbocycles. The van der Waals surface area contributed by atoms with E-state index in [4.69, 9.17) is 5.26 Å². The Labute approximate surface area is 153 Å². The first-order chi connectivity index (χ1) is 12.3. The molecule has 0 aliphatic heterocycles. The second-order valence-electron chi connectivity index (χ2n) is 6.38. The first kappa shape index (κ1) is 17.6. The van der Waals surface area contributed by atoms with Gasteiger partial charge in [-0.05, 0) is 30.0 Å². The lowest BCUT2D eigenvalue weighted by molar-refractivity contribution is -0.129. The van der Waals surface area contributed by atoms with E-state index in [9.17, 15) is 4.79 Å². The third kappa shape index (κ3) is 3.88. The summed E-state index contributed by atoms with van der Waals surface area (Å²) in [4.78, 5) is 12.7. The van der Waals surface area contributed by atoms with Crippen LogP contribution in [0.25, 0.3) is 0 Å². The van der Waals surface area contributed by atoms with E-state index >= 15 is 0 Å². The predicted molar refractivity (Wildman–Crippen MR) is 102 cm³/mol. The summed E-state index contributed by atoms with van der Waals surface area (Å²) in [7, 11) is 0. The second-order valence-corrected chi connectivity index (χ2v) is 7.48. The van der Waals surface area contributed by atoms with Crippen LogP contribution in [-0.2, 0) is 16.0 Å². The maximum Gasteiger partial charge on any atom is 0.230 e. The zero-order valence-corrected chi connectivity index (χ0v) is 15.0. The standard InChI is InChI=1S/C21H22N2OS/c22-15-17-7-4-5-8-18(17)16-25-14-13-23-20(24)21(11-6-12-21)19-9-2-1-3-10-19/h1-5,7-10H,6,11-14,16H2,(H,23,24). The highest BCUT2D eigenvalue weighted by molar-refractivity contribution is 7.98. The monoisotopic (exact) mass is 350 g/mol. The van der Waals surface area contributed by atoms with Crippen LogP contribution in [0.4, 0.5) is 0 Å². The van der Waals surface area contributed by atoms with Gasteiger partial charge in [-0.15, -0.1) is 0 Å². The molecule has 0 heterocycles. The van der Waals surface area contributed by atoms with Gasteiger partial charge in [0.1, 0.15) is 0 Å². The summed E-state index contributed by atoms with van der Waals surface area (Å²) in [5.41, 5.74) is 2.60. The summed E-state index contributed by atoms with van der Waals surface area (Å²) in [6.45, 7) is 0.660. The Balaban J connectivity index is 1.47. The maximum absolute atomic E-state index is 12.7. The Hall–Kier alpha value is -2.25. The van der Waals surface area contributed by atoms with Crippen LogP contribution in [0.3, 0.4) is 0 Å². The van der Waals surface area contributed by atoms with E-state index in [0.29, 0.717) is 6.54 Å². The Morgan fingerprint density at radius 1 is 1.12 bits per heavy atom. The predicted octanol–water partition coefficient (Wildman–Crippen LogP) is 4.03. The fourth-order valence-electron chi connectivity index (χ4n) is 3.28. The van der Waals surface area contributed by atoms with E-state index in [1.54, 1.807) is 11.8 Å². The third-order valence-corrected chi connectivity index (χ3v) is 5.90. The lowest BCUT2D eigenvalue weighted by Gasteiger charge is -2.40. The SMILES string of the molecule is N#Cc1ccccc1CSCCNC(=O)C1(c2ccccc2)CCC1. The molecule has 0 unspecified atom stereocenters. The van der Waals surface area contributed by atoms with Gasteiger partial charge in [0.05, 0.1) is 17.0 Å². The first-order valence-electron chi connectivity index (χ1n) is 8.66. The molecule has 0 bridgehead atoms. The van der Waals surface area contributed by atoms with Crippen molar-refractivity contribution in [3.63, 3.8) is 0 Å². The summed E-state index contributed by atoms with van der Waals surface area (Å²) in [6, 6.07) is 20.0. The van der Waals surface area contributed by atoms with Crippen LogP contribution in [0.15, 0.2) is 54.6 Å². The first-order valence-corrected chi connectivity index (χ1v) is 9.81. The lowest BCUT2D eigenvalue weighted by Crippen LogP contribution is -2.49. The van der Waals surface area contributed by atoms with E-state index in [2.05, 4.69) is 23.5 Å². The quantitative estimate of drug-likeness (QED) is 0.767. The van der Waals surface area contributed by atoms with Crippen LogP contribution in [0, 0.1) is 11.3 Å². The number of hydrogen-bond acceptors (Lipinski definition) is 3. The number of carbonyl (C=O) groups excluding carboxylic acids is 1. The minimum absolute atomic E-state index is 0.156. The molecule has 1 aliphatic carbocycles. The van der Waals surface area contributed by atoms with E-state index < -0.39 is 0 Å². The van der Waals surface area contributed by atoms with Crippen molar-refractivity contribution in [3.8, 4) is 6.07 Å². The van der Waals surface area contributed by atoms with Gasteiger partial charge in [0.2, 0.25) is 5.91 Å². The van der Waals surface area contributed by atoms with E-state index in [-0.39, 0.29) is 11.3 Å². The van der Waals surface area contributed by atoms with Gasteiger partial charge in [-0.1, -0.05) is 55.0 Å². The molecule has 0 saturated heterocycles. The highest BCUT2D eigenvalue weighted by Gasteiger charge is 2.45. The molecule has 2 aromatic carbocycles. The fourth-order valence-corrected chi connectivity index (χ4v) is 4.14. The number of nitriles is 1. The number of nitrogens with one attached hydrogen (secondary N) is 1. The van der Waals surface area contributed by atoms with Gasteiger partial charge in [0.15, 0.2) is 0 Å². The molecule has 3 rings (SSSR count). The third-order valence-electron chi connectivity index (χ3n) is 4.90. The van der Waals surface area contributed by atoms with Crippen LogP contribution in [-0.4, -0.2) is 18.2 Å². The molecule has 128 valence electrons. The van der Waals surface area contributed by atoms with Gasteiger partial charge in [0, 0.05) is 18.1 Å². The van der Waals surface area contributed by atoms with Crippen LogP contribution >= 0.6 is 11.8 Å². The van der Waals surface area contributed by atoms with Crippen LogP contribution < -0.4 is 5.32 Å². The summed E-state index contributed by atoms with van der Waals surface area (Å²) in [5, 5.41) is 12.2. The van der Waals surface area contributed by atoms with Crippen molar-refractivity contribution in [2.24, 2.45) is 0 Å². The molecule has 3 nitrogen and oxygen atoms in total. The maximum atomic E-state index is 12.7. The Morgan fingerprint density at radius 2 is 1.84 bits per heavy atom. The largest absolute Gasteiger partial charge is 0.355 e. The van der Waals surface area contributed by atoms with Crippen LogP contribution in [0.2, 0.25) is 0 Å². The number of hydrogen-bond donors (Lipinski definition) is 1. The van der Waals surface area contributed by atoms with Gasteiger partial charge in [-0.25, -0.2) is 0 Å². The molecule has 0 aromatic heterocycles. The second kappa shape index (κ2) is 8.22. The molecule has 4 heteroatoms. The Morgan fingerprint density at radius 3 is 2.52 bits per heavy atom. The van der Waals surface area contributed by atoms with Gasteiger partial charge >= 0.3 is 0 Å². The van der Waals surface area contributed by atoms with Crippen molar-refractivity contribution in [1.29, 1.82) is 5.26 Å². The smallest absolute Gasteiger partial charge is 0.230 e. The molecule has 0 radical (unpaired) electrons. The van der Waals surface area contributed by atoms with Gasteiger partial charge in [-0.3, -0.25) is 4.79 Å². The molecule has 2 aromatic rings. The van der Waals surface area contributed by atoms with Crippen molar-refractivity contribution in [1.82, 2.24) is 5.32 Å². The number of thioether (sulfide) groups is 1. The molecule has 1 N–H and O–H groups in total. The van der Waals surface area contributed by atoms with Gasteiger partial charge < -0.3 is 5.32 Å². The molecule has 1 amide bonds. The Kier molecular flexibility index (Phi) is 5.78. The summed E-state index contributed by atoms with van der Waals surface area (Å²) < 4.78 is 0. The highest BCUT2D eigenvalue weighted by Crippen LogP contribution is 2.43. The molecule has 0 spiro atoms.